The third-order valence-electron chi connectivity index (χ3n) is 5.80. The number of carboxylic acid groups (broad SMARTS) is 1. The van der Waals surface area contributed by atoms with Gasteiger partial charge in [0.05, 0.1) is 10.2 Å². The maximum Gasteiger partial charge on any atom is 0.341 e. The van der Waals surface area contributed by atoms with E-state index in [0.717, 1.165) is 42.6 Å². The number of dihydropyridines is 1. The fraction of sp³-hybridized carbons (Fsp3) is 0.435. The second-order valence-corrected chi connectivity index (χ2v) is 9.00. The van der Waals surface area contributed by atoms with Gasteiger partial charge in [0.1, 0.15) is 0 Å². The smallest absolute Gasteiger partial charge is 0.341 e. The minimum Gasteiger partial charge on any atom is -0.490 e. The maximum atomic E-state index is 13.0. The number of Topliss-reactive ketones (excluding diaryl/α,β-unsaturated/α-hetero) is 2. The summed E-state index contributed by atoms with van der Waals surface area (Å²) < 4.78 is 11.9. The number of aliphatic carboxylic acids is 1. The predicted octanol–water partition coefficient (Wildman–Crippen LogP) is 3.85. The third-order valence-corrected chi connectivity index (χ3v) is 6.60. The highest BCUT2D eigenvalue weighted by atomic mass is 127. The number of halogens is 1. The standard InChI is InChI=1S/C23H24INO6/c1-2-30-18-10-12(9-13(24)23(18)31-11-19(28)29)20-21-14(5-3-7-16(21)26)25-15-6-4-8-17(27)22(15)20/h9-10,20,25H,2-8,11H2,1H3,(H,28,29). The van der Waals surface area contributed by atoms with Crippen molar-refractivity contribution in [2.24, 2.45) is 0 Å². The first kappa shape index (κ1) is 21.9. The number of rotatable bonds is 6. The minimum absolute atomic E-state index is 0.0721. The topological polar surface area (TPSA) is 102 Å². The molecule has 0 spiro atoms. The van der Waals surface area contributed by atoms with Crippen molar-refractivity contribution in [1.29, 1.82) is 0 Å². The highest BCUT2D eigenvalue weighted by Crippen LogP contribution is 2.47. The van der Waals surface area contributed by atoms with Gasteiger partial charge in [0.2, 0.25) is 0 Å². The van der Waals surface area contributed by atoms with Crippen molar-refractivity contribution in [3.63, 3.8) is 0 Å². The number of carbonyl (C=O) groups excluding carboxylic acids is 2. The molecule has 7 nitrogen and oxygen atoms in total. The van der Waals surface area contributed by atoms with Gasteiger partial charge in [-0.3, -0.25) is 9.59 Å². The van der Waals surface area contributed by atoms with E-state index < -0.39 is 18.5 Å². The molecule has 31 heavy (non-hydrogen) atoms. The Morgan fingerprint density at radius 2 is 1.68 bits per heavy atom. The molecular formula is C23H24INO6. The van der Waals surface area contributed by atoms with E-state index >= 15 is 0 Å². The Kier molecular flexibility index (Phi) is 6.36. The summed E-state index contributed by atoms with van der Waals surface area (Å²) in [5.41, 5.74) is 4.00. The van der Waals surface area contributed by atoms with E-state index in [9.17, 15) is 14.4 Å². The number of hydrogen-bond acceptors (Lipinski definition) is 6. The first-order valence-corrected chi connectivity index (χ1v) is 11.6. The summed E-state index contributed by atoms with van der Waals surface area (Å²) in [6.07, 6.45) is 4.14. The van der Waals surface area contributed by atoms with Crippen LogP contribution >= 0.6 is 22.6 Å². The van der Waals surface area contributed by atoms with Crippen LogP contribution in [0.2, 0.25) is 0 Å². The molecule has 0 saturated carbocycles. The minimum atomic E-state index is -1.08. The fourth-order valence-electron chi connectivity index (χ4n) is 4.61. The maximum absolute atomic E-state index is 13.0. The molecule has 0 radical (unpaired) electrons. The van der Waals surface area contributed by atoms with Crippen LogP contribution in [0.15, 0.2) is 34.7 Å². The summed E-state index contributed by atoms with van der Waals surface area (Å²) in [4.78, 5) is 36.9. The molecule has 8 heteroatoms. The van der Waals surface area contributed by atoms with Crippen LogP contribution < -0.4 is 14.8 Å². The van der Waals surface area contributed by atoms with Gasteiger partial charge in [-0.15, -0.1) is 0 Å². The molecule has 0 unspecified atom stereocenters. The molecule has 0 fully saturated rings. The summed E-state index contributed by atoms with van der Waals surface area (Å²) >= 11 is 2.08. The van der Waals surface area contributed by atoms with E-state index in [1.165, 1.54) is 0 Å². The molecule has 164 valence electrons. The number of hydrogen-bond donors (Lipinski definition) is 2. The van der Waals surface area contributed by atoms with Crippen LogP contribution in [0.5, 0.6) is 11.5 Å². The number of carbonyl (C=O) groups is 3. The largest absolute Gasteiger partial charge is 0.490 e. The molecular weight excluding hydrogens is 513 g/mol. The molecule has 0 aromatic heterocycles. The number of ketones is 2. The molecule has 0 atom stereocenters. The molecule has 1 aromatic rings. The molecule has 2 N–H and O–H groups in total. The van der Waals surface area contributed by atoms with Crippen molar-refractivity contribution < 1.29 is 29.0 Å². The summed E-state index contributed by atoms with van der Waals surface area (Å²) in [6.45, 7) is 1.72. The SMILES string of the molecule is CCOc1cc(C2C3=C(CCCC3=O)NC3=C2C(=O)CCC3)cc(I)c1OCC(=O)O. The number of benzene rings is 1. The fourth-order valence-corrected chi connectivity index (χ4v) is 5.39. The lowest BCUT2D eigenvalue weighted by Gasteiger charge is -2.37. The Morgan fingerprint density at radius 3 is 2.23 bits per heavy atom. The van der Waals surface area contributed by atoms with Gasteiger partial charge in [-0.05, 0) is 72.9 Å². The second-order valence-electron chi connectivity index (χ2n) is 7.84. The normalized spacial score (nSPS) is 19.0. The molecule has 1 aromatic carbocycles. The molecule has 4 rings (SSSR count). The van der Waals surface area contributed by atoms with Crippen molar-refractivity contribution in [2.75, 3.05) is 13.2 Å². The Hall–Kier alpha value is -2.36. The molecule has 1 aliphatic heterocycles. The van der Waals surface area contributed by atoms with Crippen molar-refractivity contribution in [3.8, 4) is 11.5 Å². The van der Waals surface area contributed by atoms with Gasteiger partial charge < -0.3 is 19.9 Å². The highest BCUT2D eigenvalue weighted by Gasteiger charge is 2.40. The monoisotopic (exact) mass is 537 g/mol. The van der Waals surface area contributed by atoms with Gasteiger partial charge in [-0.1, -0.05) is 0 Å². The van der Waals surface area contributed by atoms with Crippen LogP contribution in [0, 0.1) is 3.57 Å². The van der Waals surface area contributed by atoms with E-state index in [-0.39, 0.29) is 11.6 Å². The Bertz CT molecular complexity index is 983. The van der Waals surface area contributed by atoms with Gasteiger partial charge >= 0.3 is 5.97 Å². The average Bonchev–Trinajstić information content (AvgIpc) is 2.72. The van der Waals surface area contributed by atoms with Crippen LogP contribution in [0.4, 0.5) is 0 Å². The zero-order chi connectivity index (χ0) is 22.1. The van der Waals surface area contributed by atoms with Crippen molar-refractivity contribution >= 4 is 40.1 Å². The molecule has 0 amide bonds. The highest BCUT2D eigenvalue weighted by molar-refractivity contribution is 14.1. The number of carboxylic acids is 1. The lowest BCUT2D eigenvalue weighted by atomic mass is 9.71. The average molecular weight is 537 g/mol. The number of allylic oxidation sites excluding steroid dienone is 4. The van der Waals surface area contributed by atoms with E-state index in [4.69, 9.17) is 14.6 Å². The molecule has 3 aliphatic rings. The van der Waals surface area contributed by atoms with Gasteiger partial charge in [0, 0.05) is 41.3 Å². The Morgan fingerprint density at radius 1 is 1.06 bits per heavy atom. The van der Waals surface area contributed by atoms with E-state index in [1.54, 1.807) is 6.07 Å². The molecule has 0 bridgehead atoms. The van der Waals surface area contributed by atoms with Crippen LogP contribution in [0.1, 0.15) is 56.9 Å². The van der Waals surface area contributed by atoms with E-state index in [0.29, 0.717) is 45.7 Å². The Labute approximate surface area is 194 Å². The zero-order valence-corrected chi connectivity index (χ0v) is 19.4. The first-order valence-electron chi connectivity index (χ1n) is 10.5. The van der Waals surface area contributed by atoms with Crippen LogP contribution in [0.25, 0.3) is 0 Å². The lowest BCUT2D eigenvalue weighted by Crippen LogP contribution is -2.36. The van der Waals surface area contributed by atoms with Gasteiger partial charge in [0.15, 0.2) is 29.7 Å². The number of ether oxygens (including phenoxy) is 2. The summed E-state index contributed by atoms with van der Waals surface area (Å²) in [5.74, 6) is -0.597. The molecule has 0 saturated heterocycles. The zero-order valence-electron chi connectivity index (χ0n) is 17.3. The predicted molar refractivity (Wildman–Crippen MR) is 121 cm³/mol. The van der Waals surface area contributed by atoms with Gasteiger partial charge in [0.25, 0.3) is 0 Å². The van der Waals surface area contributed by atoms with Crippen molar-refractivity contribution in [1.82, 2.24) is 5.32 Å². The quantitative estimate of drug-likeness (QED) is 0.532. The number of nitrogens with one attached hydrogen (secondary N) is 1. The van der Waals surface area contributed by atoms with Crippen LogP contribution in [0.3, 0.4) is 0 Å². The third kappa shape index (κ3) is 4.22. The first-order chi connectivity index (χ1) is 14.9. The van der Waals surface area contributed by atoms with E-state index in [1.807, 2.05) is 13.0 Å². The second kappa shape index (κ2) is 9.02. The van der Waals surface area contributed by atoms with E-state index in [2.05, 4.69) is 27.9 Å². The van der Waals surface area contributed by atoms with Gasteiger partial charge in [-0.2, -0.15) is 0 Å². The summed E-state index contributed by atoms with van der Waals surface area (Å²) in [7, 11) is 0. The summed E-state index contributed by atoms with van der Waals surface area (Å²) in [6, 6.07) is 3.66. The van der Waals surface area contributed by atoms with Crippen molar-refractivity contribution in [3.05, 3.63) is 43.8 Å². The van der Waals surface area contributed by atoms with Crippen LogP contribution in [-0.2, 0) is 14.4 Å². The molecule has 2 aliphatic carbocycles. The lowest BCUT2D eigenvalue weighted by molar-refractivity contribution is -0.139. The van der Waals surface area contributed by atoms with Crippen LogP contribution in [-0.4, -0.2) is 35.9 Å². The van der Waals surface area contributed by atoms with Crippen molar-refractivity contribution in [2.45, 2.75) is 51.4 Å². The van der Waals surface area contributed by atoms with Gasteiger partial charge in [-0.25, -0.2) is 4.79 Å². The summed E-state index contributed by atoms with van der Waals surface area (Å²) in [5, 5.41) is 12.4. The molecule has 1 heterocycles. The Balaban J connectivity index is 1.86.